The fourth-order valence-electron chi connectivity index (χ4n) is 1.17. The molecular weight excluding hydrogens is 291 g/mol. The minimum atomic E-state index is 0.548. The molecule has 1 rings (SSSR count). The first kappa shape index (κ1) is 11.9. The van der Waals surface area contributed by atoms with Crippen molar-refractivity contribution in [1.82, 2.24) is 20.1 Å². The number of nitrogens with zero attached hydrogens (tertiary/aromatic N) is 3. The molecule has 4 nitrogen and oxygen atoms in total. The topological polar surface area (TPSA) is 42.7 Å². The van der Waals surface area contributed by atoms with Crippen LogP contribution in [-0.2, 0) is 13.6 Å². The number of hydrogen-bond acceptors (Lipinski definition) is 3. The first-order chi connectivity index (χ1) is 6.65. The molecule has 1 atom stereocenters. The van der Waals surface area contributed by atoms with Crippen LogP contribution in [-0.4, -0.2) is 25.2 Å². The van der Waals surface area contributed by atoms with E-state index in [2.05, 4.69) is 51.8 Å². The van der Waals surface area contributed by atoms with Gasteiger partial charge in [-0.25, -0.2) is 4.98 Å². The molecule has 1 aromatic heterocycles. The second-order valence-corrected chi connectivity index (χ2v) is 4.57. The van der Waals surface area contributed by atoms with Crippen LogP contribution in [0.2, 0.25) is 0 Å². The van der Waals surface area contributed by atoms with Crippen molar-refractivity contribution in [2.45, 2.75) is 26.4 Å². The maximum atomic E-state index is 4.17. The van der Waals surface area contributed by atoms with Crippen LogP contribution in [0, 0.1) is 5.92 Å². The van der Waals surface area contributed by atoms with Gasteiger partial charge in [0.05, 0.1) is 6.54 Å². The maximum absolute atomic E-state index is 4.17. The molecule has 0 aliphatic heterocycles. The van der Waals surface area contributed by atoms with Crippen LogP contribution in [0.5, 0.6) is 0 Å². The lowest BCUT2D eigenvalue weighted by Crippen LogP contribution is -2.35. The van der Waals surface area contributed by atoms with Gasteiger partial charge in [-0.1, -0.05) is 36.4 Å². The van der Waals surface area contributed by atoms with Gasteiger partial charge in [0, 0.05) is 17.5 Å². The van der Waals surface area contributed by atoms with Gasteiger partial charge >= 0.3 is 0 Å². The molecule has 0 spiro atoms. The van der Waals surface area contributed by atoms with Crippen molar-refractivity contribution in [2.75, 3.05) is 4.43 Å². The van der Waals surface area contributed by atoms with E-state index in [0.717, 1.165) is 16.8 Å². The Morgan fingerprint density at radius 1 is 1.57 bits per heavy atom. The molecule has 1 aromatic rings. The van der Waals surface area contributed by atoms with E-state index >= 15 is 0 Å². The van der Waals surface area contributed by atoms with Gasteiger partial charge in [-0.3, -0.25) is 4.68 Å². The van der Waals surface area contributed by atoms with E-state index in [1.54, 1.807) is 11.0 Å². The fraction of sp³-hybridized carbons (Fsp3) is 0.778. The van der Waals surface area contributed by atoms with Crippen LogP contribution >= 0.6 is 22.6 Å². The lowest BCUT2D eigenvalue weighted by atomic mass is 10.1. The highest BCUT2D eigenvalue weighted by Gasteiger charge is 2.11. The van der Waals surface area contributed by atoms with Gasteiger partial charge < -0.3 is 5.32 Å². The van der Waals surface area contributed by atoms with E-state index in [-0.39, 0.29) is 0 Å². The van der Waals surface area contributed by atoms with Gasteiger partial charge in [0.15, 0.2) is 0 Å². The lowest BCUT2D eigenvalue weighted by Gasteiger charge is -2.19. The number of halogens is 1. The summed E-state index contributed by atoms with van der Waals surface area (Å²) in [7, 11) is 1.92. The molecule has 0 bridgehead atoms. The zero-order valence-electron chi connectivity index (χ0n) is 8.87. The average Bonchev–Trinajstić information content (AvgIpc) is 2.52. The van der Waals surface area contributed by atoms with Crippen LogP contribution in [0.1, 0.15) is 19.7 Å². The number of rotatable bonds is 5. The maximum Gasteiger partial charge on any atom is 0.140 e. The molecule has 0 saturated carbocycles. The third-order valence-electron chi connectivity index (χ3n) is 2.30. The zero-order valence-corrected chi connectivity index (χ0v) is 11.0. The summed E-state index contributed by atoms with van der Waals surface area (Å²) in [5, 5.41) is 7.51. The minimum absolute atomic E-state index is 0.548. The zero-order chi connectivity index (χ0) is 10.6. The Hall–Kier alpha value is -0.170. The molecule has 1 heterocycles. The van der Waals surface area contributed by atoms with Crippen LogP contribution in [0.25, 0.3) is 0 Å². The largest absolute Gasteiger partial charge is 0.306 e. The standard InChI is InChI=1S/C9H17IN4/c1-7(2)8(4-10)11-5-9-12-6-13-14(9)3/h6-8,11H,4-5H2,1-3H3. The number of aryl methyl sites for hydroxylation is 1. The molecule has 0 saturated heterocycles. The van der Waals surface area contributed by atoms with Crippen molar-refractivity contribution in [3.8, 4) is 0 Å². The molecule has 5 heteroatoms. The SMILES string of the molecule is CC(C)C(CI)NCc1ncnn1C. The van der Waals surface area contributed by atoms with E-state index < -0.39 is 0 Å². The summed E-state index contributed by atoms with van der Waals surface area (Å²) in [6.45, 7) is 5.25. The average molecular weight is 308 g/mol. The quantitative estimate of drug-likeness (QED) is 0.660. The predicted octanol–water partition coefficient (Wildman–Crippen LogP) is 1.36. The molecule has 0 aliphatic rings. The van der Waals surface area contributed by atoms with E-state index in [1.165, 1.54) is 0 Å². The summed E-state index contributed by atoms with van der Waals surface area (Å²) < 4.78 is 2.92. The smallest absolute Gasteiger partial charge is 0.140 e. The van der Waals surface area contributed by atoms with E-state index in [9.17, 15) is 0 Å². The molecule has 0 radical (unpaired) electrons. The molecule has 80 valence electrons. The number of aromatic nitrogens is 3. The Morgan fingerprint density at radius 3 is 2.71 bits per heavy atom. The first-order valence-corrected chi connectivity index (χ1v) is 6.30. The van der Waals surface area contributed by atoms with Gasteiger partial charge in [0.2, 0.25) is 0 Å². The van der Waals surface area contributed by atoms with Crippen LogP contribution in [0.4, 0.5) is 0 Å². The molecule has 0 aromatic carbocycles. The normalized spacial score (nSPS) is 13.5. The van der Waals surface area contributed by atoms with Crippen molar-refractivity contribution in [3.05, 3.63) is 12.2 Å². The van der Waals surface area contributed by atoms with Crippen molar-refractivity contribution in [2.24, 2.45) is 13.0 Å². The highest BCUT2D eigenvalue weighted by molar-refractivity contribution is 14.1. The summed E-state index contributed by atoms with van der Waals surface area (Å²) in [5.74, 6) is 1.64. The Kier molecular flexibility index (Phi) is 4.80. The van der Waals surface area contributed by atoms with Crippen molar-refractivity contribution in [3.63, 3.8) is 0 Å². The van der Waals surface area contributed by atoms with Crippen LogP contribution < -0.4 is 5.32 Å². The van der Waals surface area contributed by atoms with E-state index in [0.29, 0.717) is 12.0 Å². The minimum Gasteiger partial charge on any atom is -0.306 e. The van der Waals surface area contributed by atoms with Gasteiger partial charge in [0.1, 0.15) is 12.2 Å². The number of hydrogen-bond donors (Lipinski definition) is 1. The summed E-state index contributed by atoms with van der Waals surface area (Å²) in [5.41, 5.74) is 0. The van der Waals surface area contributed by atoms with Gasteiger partial charge in [-0.05, 0) is 5.92 Å². The first-order valence-electron chi connectivity index (χ1n) is 4.77. The van der Waals surface area contributed by atoms with E-state index in [4.69, 9.17) is 0 Å². The van der Waals surface area contributed by atoms with Crippen molar-refractivity contribution in [1.29, 1.82) is 0 Å². The van der Waals surface area contributed by atoms with Gasteiger partial charge in [-0.2, -0.15) is 5.10 Å². The Labute approximate surface area is 98.6 Å². The molecule has 1 N–H and O–H groups in total. The van der Waals surface area contributed by atoms with Crippen molar-refractivity contribution < 1.29 is 0 Å². The lowest BCUT2D eigenvalue weighted by molar-refractivity contribution is 0.426. The number of nitrogens with one attached hydrogen (secondary N) is 1. The summed E-state index contributed by atoms with van der Waals surface area (Å²) in [4.78, 5) is 4.17. The number of alkyl halides is 1. The highest BCUT2D eigenvalue weighted by atomic mass is 127. The predicted molar refractivity (Wildman–Crippen MR) is 65.4 cm³/mol. The van der Waals surface area contributed by atoms with Crippen LogP contribution in [0.15, 0.2) is 6.33 Å². The molecule has 14 heavy (non-hydrogen) atoms. The molecule has 1 unspecified atom stereocenters. The van der Waals surface area contributed by atoms with E-state index in [1.807, 2.05) is 7.05 Å². The Balaban J connectivity index is 2.43. The second-order valence-electron chi connectivity index (χ2n) is 3.69. The summed E-state index contributed by atoms with van der Waals surface area (Å²) in [6, 6.07) is 0.548. The summed E-state index contributed by atoms with van der Waals surface area (Å²) >= 11 is 2.41. The van der Waals surface area contributed by atoms with Crippen LogP contribution in [0.3, 0.4) is 0 Å². The highest BCUT2D eigenvalue weighted by Crippen LogP contribution is 2.05. The molecular formula is C9H17IN4. The Bertz CT molecular complexity index is 272. The molecule has 0 amide bonds. The van der Waals surface area contributed by atoms with Crippen molar-refractivity contribution >= 4 is 22.6 Å². The fourth-order valence-corrected chi connectivity index (χ4v) is 2.50. The summed E-state index contributed by atoms with van der Waals surface area (Å²) in [6.07, 6.45) is 1.59. The second kappa shape index (κ2) is 5.65. The Morgan fingerprint density at radius 2 is 2.29 bits per heavy atom. The molecule has 0 aliphatic carbocycles. The third-order valence-corrected chi connectivity index (χ3v) is 3.25. The van der Waals surface area contributed by atoms with Gasteiger partial charge in [-0.15, -0.1) is 0 Å². The van der Waals surface area contributed by atoms with Gasteiger partial charge in [0.25, 0.3) is 0 Å². The third kappa shape index (κ3) is 3.20. The monoisotopic (exact) mass is 308 g/mol. The molecule has 0 fully saturated rings.